The Morgan fingerprint density at radius 2 is 1.86 bits per heavy atom. The Labute approximate surface area is 247 Å². The maximum absolute atomic E-state index is 14.5. The maximum atomic E-state index is 14.5. The number of carbonyl (C=O) groups is 2. The van der Waals surface area contributed by atoms with Gasteiger partial charge in [0.05, 0.1) is 18.7 Å². The zero-order valence-electron chi connectivity index (χ0n) is 24.4. The molecule has 2 fully saturated rings. The summed E-state index contributed by atoms with van der Waals surface area (Å²) in [4.78, 5) is 31.0. The predicted octanol–water partition coefficient (Wildman–Crippen LogP) is 5.01. The first-order valence-corrected chi connectivity index (χ1v) is 14.9. The molecule has 0 bridgehead atoms. The van der Waals surface area contributed by atoms with E-state index in [1.54, 1.807) is 19.1 Å². The molecule has 2 atom stereocenters. The fraction of sp³-hybridized carbons (Fsp3) is 0.412. The van der Waals surface area contributed by atoms with Gasteiger partial charge < -0.3 is 29.3 Å². The van der Waals surface area contributed by atoms with Gasteiger partial charge >= 0.3 is 0 Å². The van der Waals surface area contributed by atoms with Crippen LogP contribution >= 0.6 is 0 Å². The van der Waals surface area contributed by atoms with Crippen LogP contribution in [0.3, 0.4) is 0 Å². The molecule has 2 aliphatic heterocycles. The Bertz CT molecular complexity index is 1420. The number of methoxy groups -OCH3 is 2. The second kappa shape index (κ2) is 12.5. The zero-order valence-corrected chi connectivity index (χ0v) is 24.4. The van der Waals surface area contributed by atoms with Crippen molar-refractivity contribution >= 4 is 23.2 Å². The number of benzene rings is 3. The van der Waals surface area contributed by atoms with Crippen molar-refractivity contribution in [2.24, 2.45) is 5.92 Å². The molecule has 3 aromatic rings. The van der Waals surface area contributed by atoms with Crippen LogP contribution in [0.15, 0.2) is 66.7 Å². The monoisotopic (exact) mass is 569 g/mol. The van der Waals surface area contributed by atoms with E-state index in [2.05, 4.69) is 41.7 Å². The van der Waals surface area contributed by atoms with E-state index in [0.717, 1.165) is 60.5 Å². The van der Waals surface area contributed by atoms with Gasteiger partial charge in [-0.15, -0.1) is 0 Å². The van der Waals surface area contributed by atoms with Gasteiger partial charge in [-0.1, -0.05) is 36.4 Å². The largest absolute Gasteiger partial charge is 0.497 e. The highest BCUT2D eigenvalue weighted by Gasteiger charge is 2.41. The predicted molar refractivity (Wildman–Crippen MR) is 163 cm³/mol. The summed E-state index contributed by atoms with van der Waals surface area (Å²) in [6.07, 6.45) is 3.57. The minimum absolute atomic E-state index is 0.0234. The second-order valence-electron chi connectivity index (χ2n) is 11.3. The molecule has 1 N–H and O–H groups in total. The summed E-state index contributed by atoms with van der Waals surface area (Å²) in [7, 11) is 3.33. The van der Waals surface area contributed by atoms with E-state index in [1.165, 1.54) is 5.56 Å². The van der Waals surface area contributed by atoms with Crippen LogP contribution in [0.1, 0.15) is 37.2 Å². The molecule has 2 amide bonds. The molecule has 3 aromatic carbocycles. The number of fused-ring (bicyclic) bond motifs is 1. The average Bonchev–Trinajstić information content (AvgIpc) is 3.87. The van der Waals surface area contributed by atoms with Gasteiger partial charge in [-0.05, 0) is 85.2 Å². The number of amides is 2. The Balaban J connectivity index is 1.28. The average molecular weight is 570 g/mol. The van der Waals surface area contributed by atoms with Crippen molar-refractivity contribution in [1.29, 1.82) is 0 Å². The van der Waals surface area contributed by atoms with Crippen molar-refractivity contribution in [2.75, 3.05) is 56.9 Å². The minimum Gasteiger partial charge on any atom is -0.497 e. The quantitative estimate of drug-likeness (QED) is 0.346. The number of rotatable bonds is 10. The van der Waals surface area contributed by atoms with Crippen LogP contribution in [-0.2, 0) is 14.3 Å². The fourth-order valence-electron chi connectivity index (χ4n) is 6.23. The van der Waals surface area contributed by atoms with E-state index >= 15 is 0 Å². The Hall–Kier alpha value is -3.88. The summed E-state index contributed by atoms with van der Waals surface area (Å²) in [5.41, 5.74) is 4.99. The van der Waals surface area contributed by atoms with Crippen molar-refractivity contribution in [2.45, 2.75) is 37.6 Å². The second-order valence-corrected chi connectivity index (χ2v) is 11.3. The van der Waals surface area contributed by atoms with Crippen molar-refractivity contribution in [1.82, 2.24) is 5.32 Å². The molecule has 8 heteroatoms. The van der Waals surface area contributed by atoms with Crippen LogP contribution < -0.4 is 24.6 Å². The lowest BCUT2D eigenvalue weighted by atomic mass is 9.79. The molecule has 1 saturated heterocycles. The molecule has 42 heavy (non-hydrogen) atoms. The highest BCUT2D eigenvalue weighted by Crippen LogP contribution is 2.42. The van der Waals surface area contributed by atoms with Gasteiger partial charge in [0.2, 0.25) is 5.91 Å². The molecule has 0 unspecified atom stereocenters. The van der Waals surface area contributed by atoms with Crippen molar-refractivity contribution in [3.8, 4) is 22.6 Å². The van der Waals surface area contributed by atoms with Gasteiger partial charge in [-0.2, -0.15) is 0 Å². The highest BCUT2D eigenvalue weighted by atomic mass is 16.5. The molecule has 0 aromatic heterocycles. The van der Waals surface area contributed by atoms with Gasteiger partial charge in [0.1, 0.15) is 11.5 Å². The topological polar surface area (TPSA) is 80.3 Å². The lowest BCUT2D eigenvalue weighted by molar-refractivity contribution is -0.123. The van der Waals surface area contributed by atoms with Crippen LogP contribution in [0.2, 0.25) is 0 Å². The van der Waals surface area contributed by atoms with E-state index in [4.69, 9.17) is 14.2 Å². The fourth-order valence-corrected chi connectivity index (χ4v) is 6.23. The summed E-state index contributed by atoms with van der Waals surface area (Å²) in [6, 6.07) is 22.7. The van der Waals surface area contributed by atoms with E-state index < -0.39 is 0 Å². The molecule has 0 radical (unpaired) electrons. The van der Waals surface area contributed by atoms with Gasteiger partial charge in [-0.25, -0.2) is 0 Å². The Morgan fingerprint density at radius 3 is 2.62 bits per heavy atom. The number of piperidine rings is 1. The molecular weight excluding hydrogens is 530 g/mol. The molecule has 8 nitrogen and oxygen atoms in total. The Morgan fingerprint density at radius 1 is 1.02 bits per heavy atom. The van der Waals surface area contributed by atoms with Gasteiger partial charge in [0, 0.05) is 38.5 Å². The number of nitrogens with one attached hydrogen (secondary N) is 1. The molecule has 220 valence electrons. The van der Waals surface area contributed by atoms with E-state index in [-0.39, 0.29) is 36.3 Å². The summed E-state index contributed by atoms with van der Waals surface area (Å²) in [6.45, 7) is 2.65. The number of carbonyl (C=O) groups excluding carboxylic acids is 2. The smallest absolute Gasteiger partial charge is 0.265 e. The van der Waals surface area contributed by atoms with E-state index in [0.29, 0.717) is 25.4 Å². The van der Waals surface area contributed by atoms with Crippen molar-refractivity contribution in [3.05, 3.63) is 72.3 Å². The number of ether oxygens (including phenoxy) is 3. The minimum atomic E-state index is -0.197. The van der Waals surface area contributed by atoms with Gasteiger partial charge in [0.15, 0.2) is 6.61 Å². The third kappa shape index (κ3) is 5.87. The summed E-state index contributed by atoms with van der Waals surface area (Å²) in [5.74, 6) is 1.47. The molecule has 6 rings (SSSR count). The maximum Gasteiger partial charge on any atom is 0.265 e. The lowest BCUT2D eigenvalue weighted by Gasteiger charge is -2.36. The van der Waals surface area contributed by atoms with Crippen LogP contribution in [-0.4, -0.2) is 64.9 Å². The van der Waals surface area contributed by atoms with Crippen molar-refractivity contribution < 1.29 is 23.8 Å². The first-order chi connectivity index (χ1) is 20.6. The van der Waals surface area contributed by atoms with Gasteiger partial charge in [0.25, 0.3) is 5.91 Å². The summed E-state index contributed by atoms with van der Waals surface area (Å²) >= 11 is 0. The van der Waals surface area contributed by atoms with E-state index in [9.17, 15) is 9.59 Å². The normalized spacial score (nSPS) is 20.0. The molecule has 1 aliphatic carbocycles. The first-order valence-electron chi connectivity index (χ1n) is 14.9. The number of anilines is 2. The lowest BCUT2D eigenvalue weighted by Crippen LogP contribution is -2.47. The SMILES string of the molecule is COCCCN1C(=O)COc2ccc(N(C(=O)[C@H]3CNCC[C@@H]3c3cccc(-c4ccc(OC)cc4)c3)C3CC3)cc21. The number of hydrogen-bond acceptors (Lipinski definition) is 6. The zero-order chi connectivity index (χ0) is 29.1. The van der Waals surface area contributed by atoms with Crippen LogP contribution in [0.4, 0.5) is 11.4 Å². The van der Waals surface area contributed by atoms with Crippen LogP contribution in [0.25, 0.3) is 11.1 Å². The molecule has 2 heterocycles. The van der Waals surface area contributed by atoms with Crippen LogP contribution in [0.5, 0.6) is 11.5 Å². The summed E-state index contributed by atoms with van der Waals surface area (Å²) < 4.78 is 16.3. The number of hydrogen-bond donors (Lipinski definition) is 1. The van der Waals surface area contributed by atoms with Gasteiger partial charge in [-0.3, -0.25) is 9.59 Å². The summed E-state index contributed by atoms with van der Waals surface area (Å²) in [5, 5.41) is 3.49. The molecular formula is C34H39N3O5. The highest BCUT2D eigenvalue weighted by molar-refractivity contribution is 6.01. The van der Waals surface area contributed by atoms with Crippen molar-refractivity contribution in [3.63, 3.8) is 0 Å². The first kappa shape index (κ1) is 28.2. The molecule has 3 aliphatic rings. The Kier molecular flexibility index (Phi) is 8.44. The molecule has 1 saturated carbocycles. The van der Waals surface area contributed by atoms with E-state index in [1.807, 2.05) is 35.2 Å². The molecule has 0 spiro atoms. The third-order valence-electron chi connectivity index (χ3n) is 8.58. The number of nitrogens with zero attached hydrogens (tertiary/aromatic N) is 2. The van der Waals surface area contributed by atoms with Crippen LogP contribution in [0, 0.1) is 5.92 Å². The third-order valence-corrected chi connectivity index (χ3v) is 8.58. The standard InChI is InChI=1S/C34H39N3O5/c1-40-18-4-17-36-31-20-27(11-14-32(31)42-22-33(36)38)37(26-9-10-26)34(39)30-21-35-16-15-29(30)25-6-3-5-24(19-25)23-7-12-28(41-2)13-8-23/h3,5-8,11-14,19-20,26,29-30,35H,4,9-10,15-18,21-22H2,1-2H3/t29-,30+/m1/s1.